The van der Waals surface area contributed by atoms with Crippen molar-refractivity contribution in [2.45, 2.75) is 203 Å². The summed E-state index contributed by atoms with van der Waals surface area (Å²) in [5.74, 6) is 4.30. The van der Waals surface area contributed by atoms with Crippen LogP contribution in [-0.2, 0) is 41.0 Å². The van der Waals surface area contributed by atoms with Gasteiger partial charge in [-0.2, -0.15) is 5.10 Å². The Kier molecular flexibility index (Phi) is 29.7. The molecule has 18 rings (SSSR count). The normalized spacial score (nSPS) is 15.1. The molecule has 0 saturated heterocycles. The number of nitrogens with zero attached hydrogens (tertiary/aromatic N) is 12. The number of methoxy groups -OCH3 is 2. The molecule has 4 atom stereocenters. The third-order valence-corrected chi connectivity index (χ3v) is 25.4. The molecule has 9 aromatic carbocycles. The molecule has 0 aliphatic carbocycles. The van der Waals surface area contributed by atoms with Gasteiger partial charge < -0.3 is 44.3 Å². The summed E-state index contributed by atoms with van der Waals surface area (Å²) in [5, 5.41) is 39.0. The van der Waals surface area contributed by atoms with Crippen molar-refractivity contribution in [3.8, 4) is 61.7 Å². The largest absolute Gasteiger partial charge is 0.497 e. The molecule has 139 heavy (non-hydrogen) atoms. The number of benzene rings is 9. The molecule has 27 heteroatoms. The van der Waals surface area contributed by atoms with E-state index in [9.17, 15) is 19.2 Å². The third kappa shape index (κ3) is 22.1. The van der Waals surface area contributed by atoms with E-state index in [1.807, 2.05) is 179 Å². The first kappa shape index (κ1) is 99.2. The van der Waals surface area contributed by atoms with Crippen LogP contribution < -0.4 is 30.7 Å². The molecule has 4 aliphatic rings. The summed E-state index contributed by atoms with van der Waals surface area (Å²) >= 11 is 12.4. The molecule has 14 aromatic rings. The van der Waals surface area contributed by atoms with Gasteiger partial charge in [0.1, 0.15) is 41.5 Å². The van der Waals surface area contributed by atoms with E-state index < -0.39 is 24.2 Å². The Morgan fingerprint density at radius 2 is 0.755 bits per heavy atom. The number of ether oxygens (including phenoxy) is 2. The van der Waals surface area contributed by atoms with Gasteiger partial charge in [0.25, 0.3) is 0 Å². The minimum absolute atomic E-state index is 0.0284. The van der Waals surface area contributed by atoms with E-state index in [-0.39, 0.29) is 71.1 Å². The number of nitrogens with one attached hydrogen (secondary N) is 4. The number of para-hydroxylation sites is 1. The lowest BCUT2D eigenvalue weighted by molar-refractivity contribution is -0.122. The third-order valence-electron chi connectivity index (χ3n) is 24.8. The zero-order valence-corrected chi connectivity index (χ0v) is 84.3. The molecule has 4 amide bonds. The maximum Gasteiger partial charge on any atom is 0.227 e. The van der Waals surface area contributed by atoms with Gasteiger partial charge in [-0.3, -0.25) is 48.4 Å². The van der Waals surface area contributed by atoms with Crippen LogP contribution in [0.1, 0.15) is 261 Å². The van der Waals surface area contributed by atoms with Gasteiger partial charge in [-0.15, -0.1) is 10.2 Å². The highest BCUT2D eigenvalue weighted by atomic mass is 35.5. The molecule has 0 bridgehead atoms. The quantitative estimate of drug-likeness (QED) is 0.0585. The van der Waals surface area contributed by atoms with E-state index in [1.165, 1.54) is 16.7 Å². The highest BCUT2D eigenvalue weighted by molar-refractivity contribution is 6.31. The molecule has 0 spiro atoms. The minimum Gasteiger partial charge on any atom is -0.497 e. The number of rotatable bonds is 19. The second-order valence-corrected chi connectivity index (χ2v) is 40.0. The standard InChI is InChI=1S/C30H31N5O2.C29H30ClN5O2.C27H31N3O3.C26H28ClN3O2/c1-19-33-34-29-25(18-27(36)31-22-9-7-6-8-10-22)32-28(20-11-13-21(14-12-20)30(2,3)4)24-17-23(37-5)15-16-26(24)35(19)29;1-6-31-25(36)14-24-28-26(17(2)34-37-28)22-12-9-19(20-15-32-35(16-20)29(3,4)5)13-23(22)27(33-24)18-7-10-21(30)11-8-18;1-7-28-23(31)15-22-26-24(16(2)30-33-26)20-13-12-19(32-6)14-21(20)25(29-22)17-8-10-18(11-9-17)27(3,4)5;1-6-28-22(31)14-21-25-23(15(2)30-32-25)19-12-9-17(26(3,4)5)13-20(19)24(29-21)16-7-10-18(27)11-8-16/h6-17,25H,18H2,1-5H3,(H,31,36);7-13,15-16,24H,6,14H2,1-5H3,(H,31,36);8-14,22H,7,15H2,1-6H3,(H,28,31);7-13,21H,6,14H2,1-5H3,(H,28,31)/t25-;24-;22-;21-/m0000/s1. The molecular formula is C112H120Cl2N16O9. The zero-order chi connectivity index (χ0) is 99.3. The van der Waals surface area contributed by atoms with Crippen LogP contribution in [0.5, 0.6) is 11.5 Å². The maximum atomic E-state index is 13.1. The number of halogens is 2. The zero-order valence-electron chi connectivity index (χ0n) is 82.8. The molecule has 25 nitrogen and oxygen atoms in total. The van der Waals surface area contributed by atoms with Crippen molar-refractivity contribution in [3.63, 3.8) is 0 Å². The molecule has 0 unspecified atom stereocenters. The van der Waals surface area contributed by atoms with E-state index in [4.69, 9.17) is 66.2 Å². The van der Waals surface area contributed by atoms with Gasteiger partial charge in [0.15, 0.2) is 23.1 Å². The summed E-state index contributed by atoms with van der Waals surface area (Å²) in [4.78, 5) is 71.3. The first-order valence-corrected chi connectivity index (χ1v) is 47.8. The van der Waals surface area contributed by atoms with Crippen LogP contribution in [-0.4, -0.2) is 120 Å². The Morgan fingerprint density at radius 1 is 0.388 bits per heavy atom. The average molecular weight is 1910 g/mol. The maximum absolute atomic E-state index is 13.1. The molecule has 5 aromatic heterocycles. The van der Waals surface area contributed by atoms with E-state index in [1.54, 1.807) is 14.2 Å². The lowest BCUT2D eigenvalue weighted by atomic mass is 9.82. The van der Waals surface area contributed by atoms with Crippen molar-refractivity contribution in [1.82, 2.24) is 56.0 Å². The summed E-state index contributed by atoms with van der Waals surface area (Å²) < 4.78 is 32.4. The average Bonchev–Trinajstić information content (AvgIpc) is 1.61. The van der Waals surface area contributed by atoms with Gasteiger partial charge in [0.2, 0.25) is 23.6 Å². The molecule has 716 valence electrons. The van der Waals surface area contributed by atoms with Crippen LogP contribution in [0.4, 0.5) is 5.69 Å². The summed E-state index contributed by atoms with van der Waals surface area (Å²) in [6, 6.07) is 64.3. The smallest absolute Gasteiger partial charge is 0.227 e. The van der Waals surface area contributed by atoms with Gasteiger partial charge in [-0.1, -0.05) is 216 Å². The highest BCUT2D eigenvalue weighted by Crippen LogP contribution is 2.48. The van der Waals surface area contributed by atoms with E-state index in [2.05, 4.69) is 226 Å². The van der Waals surface area contributed by atoms with Crippen molar-refractivity contribution >= 4 is 75.4 Å². The second-order valence-electron chi connectivity index (χ2n) is 39.1. The highest BCUT2D eigenvalue weighted by Gasteiger charge is 2.38. The SMILES string of the molecule is CCNC(=O)C[C@@H]1N=C(c2ccc(C(C)(C)C)cc2)c2cc(OC)ccc2-c2c(C)noc21.CCNC(=O)C[C@@H]1N=C(c2ccc(Cl)cc2)c2cc(-c3cnn(C(C)(C)C)c3)ccc2-c2c(C)noc21.CCNC(=O)C[C@@H]1N=C(c2ccc(Cl)cc2)c2cc(C(C)(C)C)ccc2-c2c(C)noc21.COc1ccc2c(c1)C(c1ccc(C(C)(C)C)cc1)=N[C@@H](CC(=O)Nc1ccccc1)c1nnc(C)n1-2. The predicted molar refractivity (Wildman–Crippen MR) is 550 cm³/mol. The Labute approximate surface area is 822 Å². The van der Waals surface area contributed by atoms with Crippen LogP contribution in [0.25, 0.3) is 50.2 Å². The number of hydrogen-bond donors (Lipinski definition) is 4. The van der Waals surface area contributed by atoms with E-state index >= 15 is 0 Å². The Bertz CT molecular complexity index is 7010. The number of carbonyl (C=O) groups is 4. The van der Waals surface area contributed by atoms with Crippen LogP contribution >= 0.6 is 23.2 Å². The van der Waals surface area contributed by atoms with Crippen LogP contribution in [0.3, 0.4) is 0 Å². The molecule has 4 aliphatic heterocycles. The fraction of sp³-hybridized carbons (Fsp3) is 0.321. The van der Waals surface area contributed by atoms with Crippen molar-refractivity contribution in [2.75, 3.05) is 39.2 Å². The van der Waals surface area contributed by atoms with Gasteiger partial charge >= 0.3 is 0 Å². The number of aromatic nitrogens is 8. The number of anilines is 1. The molecule has 0 fully saturated rings. The lowest BCUT2D eigenvalue weighted by Crippen LogP contribution is -2.24. The summed E-state index contributed by atoms with van der Waals surface area (Å²) in [7, 11) is 3.31. The van der Waals surface area contributed by atoms with Crippen LogP contribution in [0.15, 0.2) is 246 Å². The molecule has 0 saturated carbocycles. The first-order chi connectivity index (χ1) is 66.3. The molecule has 4 N–H and O–H groups in total. The second kappa shape index (κ2) is 41.6. The number of hydrogen-bond acceptors (Lipinski definition) is 19. The topological polar surface area (TPSA) is 311 Å². The summed E-state index contributed by atoms with van der Waals surface area (Å²) in [6.45, 7) is 41.2. The van der Waals surface area contributed by atoms with Crippen molar-refractivity contribution < 1.29 is 42.2 Å². The number of fused-ring (bicyclic) bond motifs is 12. The van der Waals surface area contributed by atoms with Gasteiger partial charge in [0.05, 0.1) is 114 Å². The summed E-state index contributed by atoms with van der Waals surface area (Å²) in [5.41, 5.74) is 26.1. The van der Waals surface area contributed by atoms with Crippen LogP contribution in [0.2, 0.25) is 10.0 Å². The van der Waals surface area contributed by atoms with Gasteiger partial charge in [-0.25, -0.2) is 0 Å². The Morgan fingerprint density at radius 3 is 1.17 bits per heavy atom. The first-order valence-electron chi connectivity index (χ1n) is 47.0. The van der Waals surface area contributed by atoms with Crippen molar-refractivity contribution in [2.24, 2.45) is 20.0 Å². The monoisotopic (exact) mass is 1900 g/mol. The number of aryl methyl sites for hydroxylation is 4. The summed E-state index contributed by atoms with van der Waals surface area (Å²) in [6.07, 6.45) is 4.60. The van der Waals surface area contributed by atoms with Crippen LogP contribution in [0, 0.1) is 27.7 Å². The van der Waals surface area contributed by atoms with Crippen molar-refractivity contribution in [1.29, 1.82) is 0 Å². The molecular weight excluding hydrogens is 1780 g/mol. The molecule has 0 radical (unpaired) electrons. The van der Waals surface area contributed by atoms with Gasteiger partial charge in [0, 0.05) is 91.6 Å². The van der Waals surface area contributed by atoms with E-state index in [0.717, 1.165) is 158 Å². The Balaban J connectivity index is 0.000000141. The van der Waals surface area contributed by atoms with Gasteiger partial charge in [-0.05, 0) is 209 Å². The minimum atomic E-state index is -0.527. The fourth-order valence-electron chi connectivity index (χ4n) is 17.5. The van der Waals surface area contributed by atoms with E-state index in [0.29, 0.717) is 52.8 Å². The Hall–Kier alpha value is -14.3. The number of amides is 4. The lowest BCUT2D eigenvalue weighted by Gasteiger charge is -2.21. The fourth-order valence-corrected chi connectivity index (χ4v) is 17.8. The number of aliphatic imine (C=N–C) groups is 4. The number of carbonyl (C=O) groups excluding carboxylic acids is 4. The predicted octanol–water partition coefficient (Wildman–Crippen LogP) is 23.5. The molecule has 9 heterocycles. The van der Waals surface area contributed by atoms with Crippen molar-refractivity contribution in [3.05, 3.63) is 330 Å².